The van der Waals surface area contributed by atoms with E-state index in [1.165, 1.54) is 29.5 Å². The summed E-state index contributed by atoms with van der Waals surface area (Å²) in [6.45, 7) is -2.49. The van der Waals surface area contributed by atoms with Crippen molar-refractivity contribution >= 4 is 28.7 Å². The summed E-state index contributed by atoms with van der Waals surface area (Å²) in [5, 5.41) is 9.20. The number of halogens is 2. The minimum absolute atomic E-state index is 0.00499. The Hall–Kier alpha value is -3.20. The normalized spacial score (nSPS) is 14.0. The van der Waals surface area contributed by atoms with Gasteiger partial charge in [0, 0.05) is 28.5 Å². The third-order valence-electron chi connectivity index (χ3n) is 5.27. The van der Waals surface area contributed by atoms with Crippen LogP contribution in [0.2, 0.25) is 0 Å². The number of aromatic carboxylic acids is 1. The zero-order chi connectivity index (χ0) is 22.5. The number of hydrogen-bond acceptors (Lipinski definition) is 6. The number of hydrogen-bond donors (Lipinski definition) is 1. The van der Waals surface area contributed by atoms with Gasteiger partial charge in [0.05, 0.1) is 23.7 Å². The maximum Gasteiger partial charge on any atom is 0.387 e. The topological polar surface area (TPSA) is 71.9 Å². The van der Waals surface area contributed by atoms with E-state index in [9.17, 15) is 18.7 Å². The van der Waals surface area contributed by atoms with Gasteiger partial charge in [0.1, 0.15) is 0 Å². The lowest BCUT2D eigenvalue weighted by Crippen LogP contribution is -2.17. The number of carboxylic acid groups (broad SMARTS) is 1. The first-order valence-electron chi connectivity index (χ1n) is 10.2. The molecule has 6 nitrogen and oxygen atoms in total. The van der Waals surface area contributed by atoms with Gasteiger partial charge in [0.15, 0.2) is 11.5 Å². The van der Waals surface area contributed by atoms with Crippen molar-refractivity contribution in [1.29, 1.82) is 0 Å². The van der Waals surface area contributed by atoms with Crippen LogP contribution in [0.15, 0.2) is 54.2 Å². The molecule has 168 valence electrons. The summed E-state index contributed by atoms with van der Waals surface area (Å²) < 4.78 is 36.6. The fourth-order valence-corrected chi connectivity index (χ4v) is 4.31. The van der Waals surface area contributed by atoms with Gasteiger partial charge < -0.3 is 19.5 Å². The molecule has 0 spiro atoms. The molecule has 0 atom stereocenters. The van der Waals surface area contributed by atoms with E-state index < -0.39 is 12.6 Å². The molecule has 4 rings (SSSR count). The van der Waals surface area contributed by atoms with Crippen LogP contribution in [-0.4, -0.2) is 28.8 Å². The second-order valence-corrected chi connectivity index (χ2v) is 8.41. The van der Waals surface area contributed by atoms with Gasteiger partial charge in [-0.1, -0.05) is 0 Å². The molecule has 0 saturated heterocycles. The molecule has 9 heteroatoms. The van der Waals surface area contributed by atoms with Gasteiger partial charge in [-0.3, -0.25) is 4.98 Å². The number of benzene rings is 2. The van der Waals surface area contributed by atoms with E-state index in [1.807, 2.05) is 4.90 Å². The lowest BCUT2D eigenvalue weighted by molar-refractivity contribution is -0.0520. The first-order valence-corrected chi connectivity index (χ1v) is 11.1. The average molecular weight is 461 g/mol. The van der Waals surface area contributed by atoms with E-state index in [1.54, 1.807) is 36.0 Å². The van der Waals surface area contributed by atoms with Crippen LogP contribution in [-0.2, 0) is 6.54 Å². The molecule has 1 heterocycles. The van der Waals surface area contributed by atoms with Crippen molar-refractivity contribution in [3.8, 4) is 11.5 Å². The zero-order valence-corrected chi connectivity index (χ0v) is 17.9. The molecule has 1 aromatic heterocycles. The van der Waals surface area contributed by atoms with E-state index in [0.717, 1.165) is 36.2 Å². The third kappa shape index (κ3) is 5.34. The fraction of sp³-hybridized carbons (Fsp3) is 0.304. The van der Waals surface area contributed by atoms with Crippen LogP contribution < -0.4 is 14.4 Å². The molecule has 2 aromatic carbocycles. The monoisotopic (exact) mass is 460 g/mol. The number of thiazole rings is 1. The molecule has 0 amide bonds. The molecule has 1 aliphatic carbocycles. The Labute approximate surface area is 188 Å². The number of ether oxygens (including phenoxy) is 2. The quantitative estimate of drug-likeness (QED) is 0.416. The highest BCUT2D eigenvalue weighted by Gasteiger charge is 2.22. The first kappa shape index (κ1) is 22.0. The van der Waals surface area contributed by atoms with Crippen LogP contribution in [0, 0.1) is 0 Å². The summed E-state index contributed by atoms with van der Waals surface area (Å²) in [5.41, 5.74) is 3.36. The molecule has 1 saturated carbocycles. The second-order valence-electron chi connectivity index (χ2n) is 7.44. The van der Waals surface area contributed by atoms with Crippen molar-refractivity contribution in [1.82, 2.24) is 4.98 Å². The minimum atomic E-state index is -2.95. The van der Waals surface area contributed by atoms with Crippen molar-refractivity contribution < 1.29 is 28.2 Å². The van der Waals surface area contributed by atoms with Gasteiger partial charge in [-0.2, -0.15) is 8.78 Å². The Morgan fingerprint density at radius 1 is 1.12 bits per heavy atom. The summed E-state index contributed by atoms with van der Waals surface area (Å²) in [5.74, 6) is -0.743. The highest BCUT2D eigenvalue weighted by Crippen LogP contribution is 2.38. The van der Waals surface area contributed by atoms with Crippen molar-refractivity contribution in [2.24, 2.45) is 0 Å². The van der Waals surface area contributed by atoms with Crippen LogP contribution in [0.1, 0.15) is 40.9 Å². The first-order chi connectivity index (χ1) is 15.5. The van der Waals surface area contributed by atoms with E-state index >= 15 is 0 Å². The predicted molar refractivity (Wildman–Crippen MR) is 117 cm³/mol. The Kier molecular flexibility index (Phi) is 6.84. The summed E-state index contributed by atoms with van der Waals surface area (Å²) in [4.78, 5) is 18.3. The molecule has 1 fully saturated rings. The summed E-state index contributed by atoms with van der Waals surface area (Å²) in [7, 11) is 0. The van der Waals surface area contributed by atoms with Gasteiger partial charge in [-0.15, -0.1) is 11.3 Å². The van der Waals surface area contributed by atoms with Gasteiger partial charge in [0.25, 0.3) is 0 Å². The number of aromatic nitrogens is 1. The van der Waals surface area contributed by atoms with E-state index in [2.05, 4.69) is 4.98 Å². The highest BCUT2D eigenvalue weighted by atomic mass is 32.1. The highest BCUT2D eigenvalue weighted by molar-refractivity contribution is 7.09. The molecule has 0 bridgehead atoms. The van der Waals surface area contributed by atoms with Gasteiger partial charge >= 0.3 is 12.6 Å². The summed E-state index contributed by atoms with van der Waals surface area (Å²) in [6.07, 6.45) is 5.56. The van der Waals surface area contributed by atoms with Crippen LogP contribution >= 0.6 is 11.3 Å². The van der Waals surface area contributed by atoms with Crippen LogP contribution in [0.5, 0.6) is 11.5 Å². The predicted octanol–water partition coefficient (Wildman–Crippen LogP) is 6.10. The number of carboxylic acids is 1. The molecule has 32 heavy (non-hydrogen) atoms. The van der Waals surface area contributed by atoms with Gasteiger partial charge in [-0.25, -0.2) is 4.79 Å². The summed E-state index contributed by atoms with van der Waals surface area (Å²) >= 11 is 1.49. The Morgan fingerprint density at radius 2 is 1.84 bits per heavy atom. The second kappa shape index (κ2) is 9.95. The van der Waals surface area contributed by atoms with Crippen molar-refractivity contribution in [3.05, 3.63) is 64.6 Å². The maximum atomic E-state index is 13.0. The molecule has 0 aliphatic heterocycles. The molecule has 3 aromatic rings. The molecule has 0 radical (unpaired) electrons. The van der Waals surface area contributed by atoms with E-state index in [4.69, 9.17) is 9.47 Å². The smallest absolute Gasteiger partial charge is 0.387 e. The number of anilines is 2. The van der Waals surface area contributed by atoms with Gasteiger partial charge in [0.2, 0.25) is 0 Å². The van der Waals surface area contributed by atoms with Crippen molar-refractivity contribution in [2.75, 3.05) is 4.90 Å². The fourth-order valence-electron chi connectivity index (χ4n) is 3.73. The minimum Gasteiger partial charge on any atom is -0.486 e. The number of alkyl halides is 2. The third-order valence-corrected chi connectivity index (χ3v) is 6.04. The standard InChI is InChI=1S/C23H22F2N2O4S/c24-23(25)31-20-10-9-17(11-21(20)30-18-3-1-2-4-18)27(13-19-12-26-14-32-19)16-7-5-15(6-8-16)22(28)29/h5-12,14,18,23H,1-4,13H2,(H,28,29). The SMILES string of the molecule is O=C(O)c1ccc(N(Cc2cncs2)c2ccc(OC(F)F)c(OC3CCCC3)c2)cc1. The van der Waals surface area contributed by atoms with E-state index in [0.29, 0.717) is 12.2 Å². The van der Waals surface area contributed by atoms with E-state index in [-0.39, 0.29) is 23.2 Å². The number of nitrogens with zero attached hydrogens (tertiary/aromatic N) is 2. The average Bonchev–Trinajstić information content (AvgIpc) is 3.47. The molecule has 1 aliphatic rings. The van der Waals surface area contributed by atoms with Crippen molar-refractivity contribution in [2.45, 2.75) is 44.9 Å². The maximum absolute atomic E-state index is 13.0. The largest absolute Gasteiger partial charge is 0.486 e. The van der Waals surface area contributed by atoms with Crippen LogP contribution in [0.25, 0.3) is 0 Å². The lowest BCUT2D eigenvalue weighted by Gasteiger charge is -2.26. The van der Waals surface area contributed by atoms with Crippen LogP contribution in [0.4, 0.5) is 20.2 Å². The molecule has 1 N–H and O–H groups in total. The molecular formula is C23H22F2N2O4S. The Morgan fingerprint density at radius 3 is 2.47 bits per heavy atom. The Balaban J connectivity index is 1.70. The summed E-state index contributed by atoms with van der Waals surface area (Å²) in [6, 6.07) is 11.4. The lowest BCUT2D eigenvalue weighted by atomic mass is 10.1. The van der Waals surface area contributed by atoms with Crippen molar-refractivity contribution in [3.63, 3.8) is 0 Å². The molecule has 0 unspecified atom stereocenters. The molecular weight excluding hydrogens is 438 g/mol. The van der Waals surface area contributed by atoms with Gasteiger partial charge in [-0.05, 0) is 62.1 Å². The van der Waals surface area contributed by atoms with Crippen LogP contribution in [0.3, 0.4) is 0 Å². The number of carbonyl (C=O) groups is 1. The Bertz CT molecular complexity index is 1040. The zero-order valence-electron chi connectivity index (χ0n) is 17.1. The number of rotatable bonds is 9.